The zero-order valence-corrected chi connectivity index (χ0v) is 20.4. The third kappa shape index (κ3) is 4.63. The molecule has 1 saturated heterocycles. The first kappa shape index (κ1) is 22.8. The number of methoxy groups -OCH3 is 1. The van der Waals surface area contributed by atoms with E-state index in [0.717, 1.165) is 60.0 Å². The first-order valence-electron chi connectivity index (χ1n) is 12.2. The van der Waals surface area contributed by atoms with Gasteiger partial charge in [-0.1, -0.05) is 24.3 Å². The summed E-state index contributed by atoms with van der Waals surface area (Å²) in [5.74, 6) is 1.84. The summed E-state index contributed by atoms with van der Waals surface area (Å²) in [7, 11) is 1.65. The molecule has 6 rings (SSSR count). The van der Waals surface area contributed by atoms with E-state index in [4.69, 9.17) is 14.7 Å². The predicted molar refractivity (Wildman–Crippen MR) is 144 cm³/mol. The molecule has 0 aliphatic carbocycles. The highest BCUT2D eigenvalue weighted by atomic mass is 19.1. The maximum absolute atomic E-state index is 13.4. The number of benzene rings is 3. The molecule has 37 heavy (non-hydrogen) atoms. The first-order chi connectivity index (χ1) is 18.2. The molecule has 0 spiro atoms. The average Bonchev–Trinajstić information content (AvgIpc) is 3.39. The molecule has 1 aliphatic rings. The minimum Gasteiger partial charge on any atom is -0.497 e. The van der Waals surface area contributed by atoms with Gasteiger partial charge in [0.05, 0.1) is 24.4 Å². The molecular weight excluding hydrogens is 469 g/mol. The summed E-state index contributed by atoms with van der Waals surface area (Å²) in [5, 5.41) is 8.91. The zero-order valence-electron chi connectivity index (χ0n) is 20.4. The Bertz CT molecular complexity index is 1510. The van der Waals surface area contributed by atoms with Crippen LogP contribution >= 0.6 is 0 Å². The van der Waals surface area contributed by atoms with Crippen molar-refractivity contribution in [2.45, 2.75) is 0 Å². The van der Waals surface area contributed by atoms with Crippen LogP contribution in [0.4, 0.5) is 27.5 Å². The topological polar surface area (TPSA) is 71.3 Å². The van der Waals surface area contributed by atoms with Crippen LogP contribution in [0.2, 0.25) is 0 Å². The molecule has 0 saturated carbocycles. The second kappa shape index (κ2) is 9.77. The monoisotopic (exact) mass is 495 g/mol. The summed E-state index contributed by atoms with van der Waals surface area (Å²) in [4.78, 5) is 14.3. The Balaban J connectivity index is 1.35. The molecule has 5 aromatic rings. The molecule has 1 N–H and O–H groups in total. The van der Waals surface area contributed by atoms with Gasteiger partial charge in [-0.05, 0) is 48.5 Å². The SMILES string of the molecule is COc1cccc(Nc2nc(N3CCN(c4ccc(F)cc4)CC3)nc3c2cnn3-c2ccccc2)c1. The molecule has 1 aliphatic heterocycles. The van der Waals surface area contributed by atoms with Gasteiger partial charge >= 0.3 is 0 Å². The van der Waals surface area contributed by atoms with Crippen LogP contribution in [0.3, 0.4) is 0 Å². The van der Waals surface area contributed by atoms with Crippen molar-refractivity contribution in [3.63, 3.8) is 0 Å². The highest BCUT2D eigenvalue weighted by Gasteiger charge is 2.22. The van der Waals surface area contributed by atoms with Crippen LogP contribution in [0.1, 0.15) is 0 Å². The lowest BCUT2D eigenvalue weighted by Gasteiger charge is -2.36. The van der Waals surface area contributed by atoms with Crippen molar-refractivity contribution in [2.24, 2.45) is 0 Å². The number of hydrogen-bond acceptors (Lipinski definition) is 7. The number of nitrogens with zero attached hydrogens (tertiary/aromatic N) is 6. The summed E-state index contributed by atoms with van der Waals surface area (Å²) in [6.07, 6.45) is 1.79. The van der Waals surface area contributed by atoms with Crippen molar-refractivity contribution in [1.29, 1.82) is 0 Å². The maximum atomic E-state index is 13.4. The van der Waals surface area contributed by atoms with Crippen molar-refractivity contribution in [1.82, 2.24) is 19.7 Å². The third-order valence-electron chi connectivity index (χ3n) is 6.50. The molecule has 1 fully saturated rings. The van der Waals surface area contributed by atoms with Gasteiger partial charge in [0.1, 0.15) is 17.4 Å². The molecule has 0 bridgehead atoms. The van der Waals surface area contributed by atoms with Crippen LogP contribution in [0.25, 0.3) is 16.7 Å². The summed E-state index contributed by atoms with van der Waals surface area (Å²) >= 11 is 0. The van der Waals surface area contributed by atoms with E-state index in [2.05, 4.69) is 20.2 Å². The molecule has 186 valence electrons. The molecule has 3 heterocycles. The molecule has 9 heteroatoms. The number of piperazine rings is 1. The fourth-order valence-corrected chi connectivity index (χ4v) is 4.55. The van der Waals surface area contributed by atoms with Crippen LogP contribution in [0, 0.1) is 5.82 Å². The second-order valence-electron chi connectivity index (χ2n) is 8.81. The average molecular weight is 496 g/mol. The molecule has 0 atom stereocenters. The molecule has 0 radical (unpaired) electrons. The van der Waals surface area contributed by atoms with Crippen molar-refractivity contribution in [3.8, 4) is 11.4 Å². The van der Waals surface area contributed by atoms with Crippen molar-refractivity contribution in [3.05, 3.63) is 90.9 Å². The molecule has 3 aromatic carbocycles. The number of ether oxygens (including phenoxy) is 1. The Kier molecular flexibility index (Phi) is 6.02. The smallest absolute Gasteiger partial charge is 0.229 e. The van der Waals surface area contributed by atoms with Crippen LogP contribution in [-0.2, 0) is 0 Å². The van der Waals surface area contributed by atoms with E-state index in [1.165, 1.54) is 12.1 Å². The second-order valence-corrected chi connectivity index (χ2v) is 8.81. The van der Waals surface area contributed by atoms with Crippen LogP contribution in [0.5, 0.6) is 5.75 Å². The van der Waals surface area contributed by atoms with Gasteiger partial charge in [0, 0.05) is 43.6 Å². The molecule has 8 nitrogen and oxygen atoms in total. The molecule has 0 unspecified atom stereocenters. The van der Waals surface area contributed by atoms with Gasteiger partial charge in [0.15, 0.2) is 5.65 Å². The van der Waals surface area contributed by atoms with E-state index in [9.17, 15) is 4.39 Å². The Hall–Kier alpha value is -4.66. The number of para-hydroxylation sites is 1. The fourth-order valence-electron chi connectivity index (χ4n) is 4.55. The zero-order chi connectivity index (χ0) is 25.2. The van der Waals surface area contributed by atoms with E-state index >= 15 is 0 Å². The number of rotatable bonds is 6. The molecular formula is C28H26FN7O. The number of nitrogens with one attached hydrogen (secondary N) is 1. The van der Waals surface area contributed by atoms with Gasteiger partial charge in [-0.25, -0.2) is 9.07 Å². The highest BCUT2D eigenvalue weighted by molar-refractivity contribution is 5.90. The van der Waals surface area contributed by atoms with Crippen LogP contribution in [0.15, 0.2) is 85.1 Å². The van der Waals surface area contributed by atoms with Crippen molar-refractivity contribution < 1.29 is 9.13 Å². The fraction of sp³-hybridized carbons (Fsp3) is 0.179. The quantitative estimate of drug-likeness (QED) is 0.354. The summed E-state index contributed by atoms with van der Waals surface area (Å²) in [6.45, 7) is 3.04. The van der Waals surface area contributed by atoms with E-state index in [1.54, 1.807) is 13.3 Å². The predicted octanol–water partition coefficient (Wildman–Crippen LogP) is 5.03. The molecule has 2 aromatic heterocycles. The Morgan fingerprint density at radius 2 is 1.57 bits per heavy atom. The number of hydrogen-bond donors (Lipinski definition) is 1. The van der Waals surface area contributed by atoms with Gasteiger partial charge in [0.25, 0.3) is 0 Å². The highest BCUT2D eigenvalue weighted by Crippen LogP contribution is 2.30. The summed E-state index contributed by atoms with van der Waals surface area (Å²) in [5.41, 5.74) is 3.53. The largest absolute Gasteiger partial charge is 0.497 e. The van der Waals surface area contributed by atoms with Gasteiger partial charge in [-0.2, -0.15) is 15.1 Å². The third-order valence-corrected chi connectivity index (χ3v) is 6.50. The number of anilines is 4. The van der Waals surface area contributed by atoms with E-state index in [-0.39, 0.29) is 5.82 Å². The minimum absolute atomic E-state index is 0.227. The van der Waals surface area contributed by atoms with E-state index in [1.807, 2.05) is 71.4 Å². The number of halogens is 1. The Labute approximate surface area is 213 Å². The van der Waals surface area contributed by atoms with Gasteiger partial charge in [0.2, 0.25) is 5.95 Å². The van der Waals surface area contributed by atoms with Crippen LogP contribution < -0.4 is 19.9 Å². The van der Waals surface area contributed by atoms with E-state index in [0.29, 0.717) is 11.8 Å². The first-order valence-corrected chi connectivity index (χ1v) is 12.2. The number of aromatic nitrogens is 4. The maximum Gasteiger partial charge on any atom is 0.229 e. The van der Waals surface area contributed by atoms with Gasteiger partial charge in [-0.3, -0.25) is 0 Å². The summed E-state index contributed by atoms with van der Waals surface area (Å²) < 4.78 is 20.6. The lowest BCUT2D eigenvalue weighted by Crippen LogP contribution is -2.47. The van der Waals surface area contributed by atoms with E-state index < -0.39 is 0 Å². The van der Waals surface area contributed by atoms with Gasteiger partial charge in [-0.15, -0.1) is 0 Å². The lowest BCUT2D eigenvalue weighted by molar-refractivity contribution is 0.415. The van der Waals surface area contributed by atoms with Gasteiger partial charge < -0.3 is 19.9 Å². The normalized spacial score (nSPS) is 13.7. The Morgan fingerprint density at radius 1 is 0.811 bits per heavy atom. The van der Waals surface area contributed by atoms with Crippen molar-refractivity contribution in [2.75, 3.05) is 48.4 Å². The van der Waals surface area contributed by atoms with Crippen molar-refractivity contribution >= 4 is 34.2 Å². The molecule has 0 amide bonds. The standard InChI is InChI=1S/C28H26FN7O/c1-37-24-9-5-6-21(18-24)31-26-25-19-30-36(23-7-3-2-4-8-23)27(25)33-28(32-26)35-16-14-34(15-17-35)22-12-10-20(29)11-13-22/h2-13,18-19H,14-17H2,1H3,(H,31,32,33). The Morgan fingerprint density at radius 3 is 2.32 bits per heavy atom. The number of fused-ring (bicyclic) bond motifs is 1. The summed E-state index contributed by atoms with van der Waals surface area (Å²) in [6, 6.07) is 24.3. The lowest BCUT2D eigenvalue weighted by atomic mass is 10.2. The minimum atomic E-state index is -0.227. The van der Waals surface area contributed by atoms with Crippen LogP contribution in [-0.4, -0.2) is 53.0 Å².